The zero-order chi connectivity index (χ0) is 23.1. The van der Waals surface area contributed by atoms with Crippen molar-refractivity contribution in [3.8, 4) is 0 Å². The maximum atomic E-state index is 13.0. The summed E-state index contributed by atoms with van der Waals surface area (Å²) >= 11 is 0. The van der Waals surface area contributed by atoms with Crippen molar-refractivity contribution in [3.05, 3.63) is 114 Å². The number of hydrogen-bond acceptors (Lipinski definition) is 3. The molecule has 32 heavy (non-hydrogen) atoms. The highest BCUT2D eigenvalue weighted by Crippen LogP contribution is 2.20. The van der Waals surface area contributed by atoms with E-state index in [0.29, 0.717) is 5.56 Å². The van der Waals surface area contributed by atoms with Crippen LogP contribution in [-0.2, 0) is 16.6 Å². The van der Waals surface area contributed by atoms with Gasteiger partial charge < -0.3 is 5.32 Å². The Morgan fingerprint density at radius 2 is 1.62 bits per heavy atom. The molecule has 1 amide bonds. The van der Waals surface area contributed by atoms with Crippen molar-refractivity contribution in [2.24, 2.45) is 0 Å². The monoisotopic (exact) mass is 448 g/mol. The van der Waals surface area contributed by atoms with E-state index >= 15 is 0 Å². The van der Waals surface area contributed by atoms with Crippen LogP contribution in [0, 0.1) is 6.92 Å². The Morgan fingerprint density at radius 1 is 1.00 bits per heavy atom. The van der Waals surface area contributed by atoms with E-state index in [2.05, 4.69) is 11.9 Å². The zero-order valence-corrected chi connectivity index (χ0v) is 19.2. The van der Waals surface area contributed by atoms with Gasteiger partial charge in [-0.3, -0.25) is 4.79 Å². The molecule has 0 heterocycles. The number of nitrogens with one attached hydrogen (secondary N) is 1. The van der Waals surface area contributed by atoms with Gasteiger partial charge in [-0.15, -0.1) is 6.58 Å². The third-order valence-electron chi connectivity index (χ3n) is 5.29. The van der Waals surface area contributed by atoms with Crippen molar-refractivity contribution < 1.29 is 13.2 Å². The number of rotatable bonds is 9. The number of amides is 1. The lowest BCUT2D eigenvalue weighted by Gasteiger charge is -2.21. The van der Waals surface area contributed by atoms with Crippen LogP contribution in [0.2, 0.25) is 0 Å². The minimum atomic E-state index is -3.66. The minimum Gasteiger partial charge on any atom is -0.346 e. The van der Waals surface area contributed by atoms with Crippen molar-refractivity contribution in [1.29, 1.82) is 0 Å². The third-order valence-corrected chi connectivity index (χ3v) is 7.12. The molecule has 3 aromatic carbocycles. The van der Waals surface area contributed by atoms with Gasteiger partial charge in [-0.25, -0.2) is 8.42 Å². The Balaban J connectivity index is 1.72. The highest BCUT2D eigenvalue weighted by Gasteiger charge is 2.23. The van der Waals surface area contributed by atoms with Crippen LogP contribution in [0.25, 0.3) is 0 Å². The molecule has 166 valence electrons. The summed E-state index contributed by atoms with van der Waals surface area (Å²) in [7, 11) is -3.66. The molecule has 0 aliphatic heterocycles. The van der Waals surface area contributed by atoms with Crippen LogP contribution < -0.4 is 5.32 Å². The van der Waals surface area contributed by atoms with E-state index in [0.717, 1.165) is 16.7 Å². The highest BCUT2D eigenvalue weighted by molar-refractivity contribution is 7.89. The van der Waals surface area contributed by atoms with E-state index in [1.54, 1.807) is 60.7 Å². The van der Waals surface area contributed by atoms with Crippen LogP contribution in [0.3, 0.4) is 0 Å². The summed E-state index contributed by atoms with van der Waals surface area (Å²) in [5.74, 6) is -0.174. The zero-order valence-electron chi connectivity index (χ0n) is 18.4. The smallest absolute Gasteiger partial charge is 0.251 e. The molecule has 6 heteroatoms. The van der Waals surface area contributed by atoms with Gasteiger partial charge >= 0.3 is 0 Å². The standard InChI is InChI=1S/C26H28N2O3S/c1-4-18-28(32(30,31)24-11-6-5-7-12-24)19-22-14-16-23(17-15-22)26(29)27-21(3)25-13-9-8-10-20(25)2/h4-17,21H,1,18-19H2,2-3H3,(H,27,29)/t21-/m0/s1. The number of carbonyl (C=O) groups excluding carboxylic acids is 1. The summed E-state index contributed by atoms with van der Waals surface area (Å²) in [6, 6.07) is 23.2. The lowest BCUT2D eigenvalue weighted by Crippen LogP contribution is -2.31. The van der Waals surface area contributed by atoms with Crippen LogP contribution in [0.4, 0.5) is 0 Å². The number of sulfonamides is 1. The van der Waals surface area contributed by atoms with E-state index in [1.165, 1.54) is 4.31 Å². The van der Waals surface area contributed by atoms with Gasteiger partial charge in [0.15, 0.2) is 0 Å². The molecule has 1 N–H and O–H groups in total. The van der Waals surface area contributed by atoms with Crippen molar-refractivity contribution in [1.82, 2.24) is 9.62 Å². The van der Waals surface area contributed by atoms with E-state index in [-0.39, 0.29) is 29.9 Å². The summed E-state index contributed by atoms with van der Waals surface area (Å²) in [4.78, 5) is 12.9. The van der Waals surface area contributed by atoms with Gasteiger partial charge in [0.2, 0.25) is 10.0 Å². The number of carbonyl (C=O) groups is 1. The predicted octanol–water partition coefficient (Wildman–Crippen LogP) is 4.86. The average Bonchev–Trinajstić information content (AvgIpc) is 2.80. The first kappa shape index (κ1) is 23.4. The minimum absolute atomic E-state index is 0.123. The normalized spacial score (nSPS) is 12.3. The molecule has 0 radical (unpaired) electrons. The van der Waals surface area contributed by atoms with Gasteiger partial charge in [0.25, 0.3) is 5.91 Å². The molecule has 5 nitrogen and oxygen atoms in total. The van der Waals surface area contributed by atoms with Crippen molar-refractivity contribution in [3.63, 3.8) is 0 Å². The van der Waals surface area contributed by atoms with E-state index in [9.17, 15) is 13.2 Å². The first-order valence-corrected chi connectivity index (χ1v) is 11.9. The SMILES string of the molecule is C=CCN(Cc1ccc(C(=O)N[C@@H](C)c2ccccc2C)cc1)S(=O)(=O)c1ccccc1. The number of benzene rings is 3. The van der Waals surface area contributed by atoms with Crippen LogP contribution in [-0.4, -0.2) is 25.2 Å². The average molecular weight is 449 g/mol. The summed E-state index contributed by atoms with van der Waals surface area (Å²) in [6.45, 7) is 8.03. The maximum absolute atomic E-state index is 13.0. The van der Waals surface area contributed by atoms with Crippen molar-refractivity contribution in [2.75, 3.05) is 6.54 Å². The Morgan fingerprint density at radius 3 is 2.25 bits per heavy atom. The number of aryl methyl sites for hydroxylation is 1. The summed E-state index contributed by atoms with van der Waals surface area (Å²) < 4.78 is 27.4. The Kier molecular flexibility index (Phi) is 7.62. The quantitative estimate of drug-likeness (QED) is 0.475. The van der Waals surface area contributed by atoms with Gasteiger partial charge in [-0.05, 0) is 54.8 Å². The van der Waals surface area contributed by atoms with Gasteiger partial charge in [-0.2, -0.15) is 4.31 Å². The first-order valence-electron chi connectivity index (χ1n) is 10.4. The lowest BCUT2D eigenvalue weighted by molar-refractivity contribution is 0.0940. The van der Waals surface area contributed by atoms with E-state index in [4.69, 9.17) is 0 Å². The van der Waals surface area contributed by atoms with Gasteiger partial charge in [0, 0.05) is 18.7 Å². The van der Waals surface area contributed by atoms with Crippen LogP contribution in [0.15, 0.2) is 96.4 Å². The van der Waals surface area contributed by atoms with Crippen LogP contribution in [0.5, 0.6) is 0 Å². The largest absolute Gasteiger partial charge is 0.346 e. The molecular formula is C26H28N2O3S. The topological polar surface area (TPSA) is 66.5 Å². The Hall–Kier alpha value is -3.22. The lowest BCUT2D eigenvalue weighted by atomic mass is 10.0. The Bertz CT molecular complexity index is 1170. The fourth-order valence-corrected chi connectivity index (χ4v) is 4.95. The van der Waals surface area contributed by atoms with Crippen LogP contribution >= 0.6 is 0 Å². The van der Waals surface area contributed by atoms with Gasteiger partial charge in [0.05, 0.1) is 10.9 Å². The summed E-state index contributed by atoms with van der Waals surface area (Å²) in [6.07, 6.45) is 1.56. The molecular weight excluding hydrogens is 420 g/mol. The second kappa shape index (κ2) is 10.4. The van der Waals surface area contributed by atoms with Gasteiger partial charge in [0.1, 0.15) is 0 Å². The van der Waals surface area contributed by atoms with Crippen molar-refractivity contribution in [2.45, 2.75) is 31.3 Å². The number of hydrogen-bond donors (Lipinski definition) is 1. The molecule has 3 aromatic rings. The molecule has 0 aliphatic carbocycles. The second-order valence-electron chi connectivity index (χ2n) is 7.65. The molecule has 0 unspecified atom stereocenters. The molecule has 0 bridgehead atoms. The molecule has 3 rings (SSSR count). The molecule has 0 fully saturated rings. The van der Waals surface area contributed by atoms with Gasteiger partial charge in [-0.1, -0.05) is 60.7 Å². The van der Waals surface area contributed by atoms with E-state index in [1.807, 2.05) is 38.1 Å². The molecule has 0 aromatic heterocycles. The fraction of sp³-hybridized carbons (Fsp3) is 0.192. The Labute approximate surface area is 190 Å². The second-order valence-corrected chi connectivity index (χ2v) is 9.59. The third kappa shape index (κ3) is 5.52. The number of nitrogens with zero attached hydrogens (tertiary/aromatic N) is 1. The molecule has 0 aliphatic rings. The molecule has 0 saturated heterocycles. The fourth-order valence-electron chi connectivity index (χ4n) is 3.53. The first-order chi connectivity index (χ1) is 15.3. The summed E-state index contributed by atoms with van der Waals surface area (Å²) in [5, 5.41) is 3.02. The molecule has 0 spiro atoms. The van der Waals surface area contributed by atoms with Crippen LogP contribution in [0.1, 0.15) is 40.0 Å². The highest BCUT2D eigenvalue weighted by atomic mass is 32.2. The molecule has 0 saturated carbocycles. The predicted molar refractivity (Wildman–Crippen MR) is 128 cm³/mol. The maximum Gasteiger partial charge on any atom is 0.251 e. The van der Waals surface area contributed by atoms with E-state index < -0.39 is 10.0 Å². The summed E-state index contributed by atoms with van der Waals surface area (Å²) in [5.41, 5.74) is 3.51. The molecule has 1 atom stereocenters. The van der Waals surface area contributed by atoms with Crippen molar-refractivity contribution >= 4 is 15.9 Å².